The molecule has 2 rings (SSSR count). The third-order valence-corrected chi connectivity index (χ3v) is 2.36. The molecule has 1 amide bonds. The fraction of sp³-hybridized carbons (Fsp3) is 0.200. The monoisotopic (exact) mass is 191 g/mol. The van der Waals surface area contributed by atoms with Crippen molar-refractivity contribution >= 4 is 18.0 Å². The molecule has 0 saturated carbocycles. The van der Waals surface area contributed by atoms with E-state index in [1.807, 2.05) is 24.3 Å². The van der Waals surface area contributed by atoms with Crippen LogP contribution in [0, 0.1) is 0 Å². The molecule has 0 fully saturated rings. The standard InChI is InChI=1S/C10H11N2O2/c1-12(10(13)14-2)9-6-4-3-5-8(9)7-11-12/h3-7H,1-2H3/q+1. The summed E-state index contributed by atoms with van der Waals surface area (Å²) in [5.41, 5.74) is 1.81. The number of hydrogen-bond donors (Lipinski definition) is 0. The summed E-state index contributed by atoms with van der Waals surface area (Å²) >= 11 is 0. The van der Waals surface area contributed by atoms with Crippen LogP contribution < -0.4 is 4.59 Å². The topological polar surface area (TPSA) is 38.7 Å². The summed E-state index contributed by atoms with van der Waals surface area (Å²) in [4.78, 5) is 11.5. The Bertz CT molecular complexity index is 414. The normalized spacial score (nSPS) is 23.3. The lowest BCUT2D eigenvalue weighted by Crippen LogP contribution is -2.43. The predicted octanol–water partition coefficient (Wildman–Crippen LogP) is 1.74. The smallest absolute Gasteiger partial charge is 0.421 e. The zero-order chi connectivity index (χ0) is 10.2. The molecule has 4 heteroatoms. The zero-order valence-corrected chi connectivity index (χ0v) is 8.10. The van der Waals surface area contributed by atoms with Gasteiger partial charge in [-0.2, -0.15) is 4.79 Å². The molecule has 1 aromatic carbocycles. The van der Waals surface area contributed by atoms with Crippen molar-refractivity contribution in [1.29, 1.82) is 0 Å². The van der Waals surface area contributed by atoms with Crippen LogP contribution in [0.1, 0.15) is 5.56 Å². The molecule has 1 aromatic rings. The number of amides is 1. The number of hydrogen-bond acceptors (Lipinski definition) is 3. The number of ether oxygens (including phenoxy) is 1. The number of fused-ring (bicyclic) bond motifs is 1. The molecule has 0 aliphatic carbocycles. The minimum atomic E-state index is -0.383. The number of carbonyl (C=O) groups excluding carboxylic acids is 1. The maximum atomic E-state index is 11.5. The molecule has 0 bridgehead atoms. The van der Waals surface area contributed by atoms with Crippen LogP contribution >= 0.6 is 0 Å². The molecule has 14 heavy (non-hydrogen) atoms. The molecule has 0 radical (unpaired) electrons. The van der Waals surface area contributed by atoms with Crippen LogP contribution in [0.15, 0.2) is 29.4 Å². The van der Waals surface area contributed by atoms with Crippen molar-refractivity contribution in [2.24, 2.45) is 5.10 Å². The number of rotatable bonds is 0. The van der Waals surface area contributed by atoms with E-state index in [1.165, 1.54) is 7.11 Å². The molecule has 0 spiro atoms. The van der Waals surface area contributed by atoms with Gasteiger partial charge in [0.05, 0.1) is 18.9 Å². The third kappa shape index (κ3) is 1.04. The first-order valence-electron chi connectivity index (χ1n) is 4.29. The second-order valence-electron chi connectivity index (χ2n) is 3.23. The fourth-order valence-corrected chi connectivity index (χ4v) is 1.56. The molecule has 0 aromatic heterocycles. The Balaban J connectivity index is 2.52. The third-order valence-electron chi connectivity index (χ3n) is 2.36. The summed E-state index contributed by atoms with van der Waals surface area (Å²) in [5.74, 6) is 0. The predicted molar refractivity (Wildman–Crippen MR) is 54.2 cm³/mol. The van der Waals surface area contributed by atoms with Crippen molar-refractivity contribution in [3.63, 3.8) is 0 Å². The Labute approximate surface area is 82.0 Å². The zero-order valence-electron chi connectivity index (χ0n) is 8.10. The summed E-state index contributed by atoms with van der Waals surface area (Å²) in [5, 5.41) is 4.14. The maximum Gasteiger partial charge on any atom is 0.548 e. The van der Waals surface area contributed by atoms with Crippen molar-refractivity contribution < 1.29 is 9.53 Å². The Morgan fingerprint density at radius 2 is 2.14 bits per heavy atom. The van der Waals surface area contributed by atoms with E-state index in [0.717, 1.165) is 11.3 Å². The molecule has 72 valence electrons. The van der Waals surface area contributed by atoms with Crippen LogP contribution in [0.4, 0.5) is 10.5 Å². The first-order valence-corrected chi connectivity index (χ1v) is 4.29. The van der Waals surface area contributed by atoms with Crippen molar-refractivity contribution in [3.05, 3.63) is 29.8 Å². The first kappa shape index (κ1) is 8.90. The van der Waals surface area contributed by atoms with Crippen LogP contribution in [-0.4, -0.2) is 26.5 Å². The summed E-state index contributed by atoms with van der Waals surface area (Å²) in [7, 11) is 3.07. The number of para-hydroxylation sites is 1. The highest BCUT2D eigenvalue weighted by atomic mass is 16.6. The molecular formula is C10H11N2O2+. The van der Waals surface area contributed by atoms with Gasteiger partial charge < -0.3 is 4.74 Å². The second kappa shape index (κ2) is 2.92. The fourth-order valence-electron chi connectivity index (χ4n) is 1.56. The Morgan fingerprint density at radius 1 is 1.43 bits per heavy atom. The molecular weight excluding hydrogens is 180 g/mol. The van der Waals surface area contributed by atoms with Crippen molar-refractivity contribution in [2.45, 2.75) is 0 Å². The van der Waals surface area contributed by atoms with Gasteiger partial charge in [-0.15, -0.1) is 0 Å². The van der Waals surface area contributed by atoms with Gasteiger partial charge in [0.1, 0.15) is 7.05 Å². The van der Waals surface area contributed by atoms with Gasteiger partial charge in [0, 0.05) is 6.07 Å². The molecule has 1 heterocycles. The van der Waals surface area contributed by atoms with Crippen LogP contribution in [-0.2, 0) is 4.74 Å². The minimum absolute atomic E-state index is 0.160. The Kier molecular flexibility index (Phi) is 1.86. The quantitative estimate of drug-likeness (QED) is 0.586. The van der Waals surface area contributed by atoms with Crippen LogP contribution in [0.25, 0.3) is 0 Å². The molecule has 1 aliphatic rings. The second-order valence-corrected chi connectivity index (χ2v) is 3.23. The van der Waals surface area contributed by atoms with Crippen LogP contribution in [0.5, 0.6) is 0 Å². The molecule has 1 unspecified atom stereocenters. The van der Waals surface area contributed by atoms with Gasteiger partial charge in [-0.3, -0.25) is 0 Å². The van der Waals surface area contributed by atoms with E-state index in [4.69, 9.17) is 4.74 Å². The number of nitrogens with zero attached hydrogens (tertiary/aromatic N) is 2. The van der Waals surface area contributed by atoms with Gasteiger partial charge in [-0.25, -0.2) is 0 Å². The lowest BCUT2D eigenvalue weighted by atomic mass is 10.2. The summed E-state index contributed by atoms with van der Waals surface area (Å²) in [6.45, 7) is 0. The van der Waals surface area contributed by atoms with Gasteiger partial charge >= 0.3 is 6.09 Å². The number of methoxy groups -OCH3 is 1. The average Bonchev–Trinajstić information content (AvgIpc) is 2.58. The molecule has 0 saturated heterocycles. The van der Waals surface area contributed by atoms with E-state index in [1.54, 1.807) is 13.3 Å². The highest BCUT2D eigenvalue weighted by Crippen LogP contribution is 2.30. The Morgan fingerprint density at radius 3 is 2.86 bits per heavy atom. The lowest BCUT2D eigenvalue weighted by Gasteiger charge is -2.18. The summed E-state index contributed by atoms with van der Waals surface area (Å²) < 4.78 is 4.55. The van der Waals surface area contributed by atoms with E-state index in [-0.39, 0.29) is 10.7 Å². The van der Waals surface area contributed by atoms with Gasteiger partial charge in [0.25, 0.3) is 0 Å². The highest BCUT2D eigenvalue weighted by Gasteiger charge is 2.41. The van der Waals surface area contributed by atoms with E-state index in [9.17, 15) is 4.79 Å². The molecule has 1 atom stereocenters. The number of quaternary nitrogens is 1. The van der Waals surface area contributed by atoms with Crippen molar-refractivity contribution in [2.75, 3.05) is 14.2 Å². The molecule has 4 nitrogen and oxygen atoms in total. The maximum absolute atomic E-state index is 11.5. The van der Waals surface area contributed by atoms with Crippen molar-refractivity contribution in [1.82, 2.24) is 4.59 Å². The SMILES string of the molecule is COC(=O)[N+]1(C)N=Cc2ccccc21. The van der Waals surface area contributed by atoms with E-state index in [0.29, 0.717) is 0 Å². The average molecular weight is 191 g/mol. The minimum Gasteiger partial charge on any atom is -0.421 e. The van der Waals surface area contributed by atoms with Crippen LogP contribution in [0.3, 0.4) is 0 Å². The Hall–Kier alpha value is -1.68. The number of carbonyl (C=O) groups is 1. The first-order chi connectivity index (χ1) is 6.68. The number of benzene rings is 1. The lowest BCUT2D eigenvalue weighted by molar-refractivity contribution is 0.136. The van der Waals surface area contributed by atoms with Gasteiger partial charge in [-0.1, -0.05) is 21.8 Å². The molecule has 1 aliphatic heterocycles. The summed E-state index contributed by atoms with van der Waals surface area (Å²) in [6, 6.07) is 7.59. The van der Waals surface area contributed by atoms with Gasteiger partial charge in [-0.05, 0) is 6.07 Å². The van der Waals surface area contributed by atoms with Crippen molar-refractivity contribution in [3.8, 4) is 0 Å². The highest BCUT2D eigenvalue weighted by molar-refractivity contribution is 5.98. The summed E-state index contributed by atoms with van der Waals surface area (Å²) in [6.07, 6.45) is 1.30. The van der Waals surface area contributed by atoms with Gasteiger partial charge in [0.15, 0.2) is 5.69 Å². The van der Waals surface area contributed by atoms with Gasteiger partial charge in [0.2, 0.25) is 0 Å². The van der Waals surface area contributed by atoms with E-state index >= 15 is 0 Å². The van der Waals surface area contributed by atoms with Crippen LogP contribution in [0.2, 0.25) is 0 Å². The molecule has 0 N–H and O–H groups in total. The van der Waals surface area contributed by atoms with E-state index in [2.05, 4.69) is 5.10 Å². The largest absolute Gasteiger partial charge is 0.548 e. The van der Waals surface area contributed by atoms with E-state index < -0.39 is 0 Å².